The fourth-order valence-corrected chi connectivity index (χ4v) is 3.87. The molecule has 7 heteroatoms. The fourth-order valence-electron chi connectivity index (χ4n) is 2.76. The van der Waals surface area contributed by atoms with Crippen molar-refractivity contribution >= 4 is 29.5 Å². The van der Waals surface area contributed by atoms with Gasteiger partial charge in [-0.1, -0.05) is 0 Å². The molecule has 106 valence electrons. The minimum Gasteiger partial charge on any atom is -0.326 e. The molecule has 5 nitrogen and oxygen atoms in total. The largest absolute Gasteiger partial charge is 0.326 e. The molecule has 0 radical (unpaired) electrons. The minimum atomic E-state index is -0.895. The molecule has 2 atom stereocenters. The van der Waals surface area contributed by atoms with E-state index in [-0.39, 0.29) is 24.2 Å². The second-order valence-corrected chi connectivity index (χ2v) is 6.27. The molecule has 19 heavy (non-hydrogen) atoms. The molecule has 0 spiro atoms. The van der Waals surface area contributed by atoms with Crippen molar-refractivity contribution in [3.63, 3.8) is 0 Å². The van der Waals surface area contributed by atoms with Crippen molar-refractivity contribution in [2.45, 2.75) is 43.8 Å². The van der Waals surface area contributed by atoms with Gasteiger partial charge in [0.05, 0.1) is 11.2 Å². The normalized spacial score (nSPS) is 29.7. The van der Waals surface area contributed by atoms with Crippen LogP contribution in [0.5, 0.6) is 0 Å². The Bertz CT molecular complexity index is 469. The average Bonchev–Trinajstić information content (AvgIpc) is 2.94. The Labute approximate surface area is 122 Å². The molecule has 5 N–H and O–H groups in total. The van der Waals surface area contributed by atoms with Crippen molar-refractivity contribution < 1.29 is 4.79 Å². The highest BCUT2D eigenvalue weighted by atomic mass is 35.5. The molecule has 0 saturated heterocycles. The highest BCUT2D eigenvalue weighted by Crippen LogP contribution is 2.32. The molecule has 0 aromatic carbocycles. The molecule has 2 aliphatic rings. The summed E-state index contributed by atoms with van der Waals surface area (Å²) in [5.41, 5.74) is 12.4. The van der Waals surface area contributed by atoms with Gasteiger partial charge in [-0.25, -0.2) is 4.98 Å². The van der Waals surface area contributed by atoms with Crippen molar-refractivity contribution in [3.8, 4) is 0 Å². The molecule has 1 saturated carbocycles. The van der Waals surface area contributed by atoms with Crippen molar-refractivity contribution in [1.29, 1.82) is 0 Å². The Morgan fingerprint density at radius 1 is 1.53 bits per heavy atom. The summed E-state index contributed by atoms with van der Waals surface area (Å²) in [6.45, 7) is 1.74. The third kappa shape index (κ3) is 2.43. The van der Waals surface area contributed by atoms with E-state index >= 15 is 0 Å². The van der Waals surface area contributed by atoms with Crippen molar-refractivity contribution in [2.24, 2.45) is 11.5 Å². The highest BCUT2D eigenvalue weighted by molar-refractivity contribution is 7.13. The van der Waals surface area contributed by atoms with Crippen LogP contribution in [-0.2, 0) is 13.0 Å². The van der Waals surface area contributed by atoms with E-state index in [9.17, 15) is 4.79 Å². The first-order valence-corrected chi connectivity index (χ1v) is 7.21. The van der Waals surface area contributed by atoms with Crippen LogP contribution in [0.2, 0.25) is 0 Å². The van der Waals surface area contributed by atoms with Crippen molar-refractivity contribution in [3.05, 3.63) is 15.6 Å². The quantitative estimate of drug-likeness (QED) is 0.696. The molecule has 1 fully saturated rings. The zero-order valence-corrected chi connectivity index (χ0v) is 12.3. The summed E-state index contributed by atoms with van der Waals surface area (Å²) in [5.74, 6) is -0.0631. The Hall–Kier alpha value is -0.530. The Balaban J connectivity index is 0.00000133. The summed E-state index contributed by atoms with van der Waals surface area (Å²) in [7, 11) is 0. The van der Waals surface area contributed by atoms with Crippen LogP contribution in [-0.4, -0.2) is 28.9 Å². The van der Waals surface area contributed by atoms with Gasteiger partial charge in [0.2, 0.25) is 5.78 Å². The van der Waals surface area contributed by atoms with Crippen LogP contribution < -0.4 is 16.8 Å². The standard InChI is InChI=1S/C12H18N4OS.ClH/c13-9-2-1-4-12(9,14)10(17)11-16-7-3-5-15-6-8(7)18-11;/h9,15H,1-6,13-14H2;1H. The molecule has 2 unspecified atom stereocenters. The van der Waals surface area contributed by atoms with Crippen LogP contribution in [0.3, 0.4) is 0 Å². The van der Waals surface area contributed by atoms with Crippen LogP contribution in [0.4, 0.5) is 0 Å². The molecule has 0 amide bonds. The first kappa shape index (κ1) is 14.9. The number of hydrogen-bond donors (Lipinski definition) is 3. The number of thiazole rings is 1. The molecular formula is C12H19ClN4OS. The second-order valence-electron chi connectivity index (χ2n) is 5.18. The predicted octanol–water partition coefficient (Wildman–Crippen LogP) is 0.602. The van der Waals surface area contributed by atoms with Gasteiger partial charge in [-0.15, -0.1) is 23.7 Å². The van der Waals surface area contributed by atoms with Gasteiger partial charge in [0.15, 0.2) is 5.01 Å². The molecule has 1 aromatic heterocycles. The van der Waals surface area contributed by atoms with Crippen LogP contribution in [0, 0.1) is 0 Å². The average molecular weight is 303 g/mol. The van der Waals surface area contributed by atoms with Gasteiger partial charge in [0.25, 0.3) is 0 Å². The zero-order chi connectivity index (χ0) is 12.8. The lowest BCUT2D eigenvalue weighted by Crippen LogP contribution is -2.57. The number of nitrogens with zero attached hydrogens (tertiary/aromatic N) is 1. The Kier molecular flexibility index (Phi) is 4.27. The number of carbonyl (C=O) groups is 1. The molecule has 1 aliphatic carbocycles. The minimum absolute atomic E-state index is 0. The summed E-state index contributed by atoms with van der Waals surface area (Å²) in [6.07, 6.45) is 3.32. The molecule has 1 aliphatic heterocycles. The van der Waals surface area contributed by atoms with E-state index in [1.165, 1.54) is 16.2 Å². The zero-order valence-electron chi connectivity index (χ0n) is 10.6. The van der Waals surface area contributed by atoms with E-state index in [1.807, 2.05) is 0 Å². The van der Waals surface area contributed by atoms with Gasteiger partial charge in [-0.3, -0.25) is 4.79 Å². The molecule has 2 heterocycles. The van der Waals surface area contributed by atoms with Crippen LogP contribution in [0.25, 0.3) is 0 Å². The predicted molar refractivity (Wildman–Crippen MR) is 77.8 cm³/mol. The van der Waals surface area contributed by atoms with Crippen LogP contribution in [0.15, 0.2) is 0 Å². The second kappa shape index (κ2) is 5.46. The van der Waals surface area contributed by atoms with Gasteiger partial charge in [0.1, 0.15) is 0 Å². The van der Waals surface area contributed by atoms with Gasteiger partial charge in [-0.05, 0) is 19.3 Å². The summed E-state index contributed by atoms with van der Waals surface area (Å²) in [4.78, 5) is 18.2. The fraction of sp³-hybridized carbons (Fsp3) is 0.667. The van der Waals surface area contributed by atoms with E-state index < -0.39 is 5.54 Å². The maximum absolute atomic E-state index is 12.5. The summed E-state index contributed by atoms with van der Waals surface area (Å²) in [6, 6.07) is -0.232. The third-order valence-electron chi connectivity index (χ3n) is 3.99. The number of carbonyl (C=O) groups excluding carboxylic acids is 1. The van der Waals surface area contributed by atoms with E-state index in [0.29, 0.717) is 11.4 Å². The topological polar surface area (TPSA) is 94.0 Å². The summed E-state index contributed by atoms with van der Waals surface area (Å²) in [5, 5.41) is 3.83. The van der Waals surface area contributed by atoms with E-state index in [2.05, 4.69) is 10.3 Å². The first-order chi connectivity index (χ1) is 8.61. The maximum atomic E-state index is 12.5. The van der Waals surface area contributed by atoms with Gasteiger partial charge >= 0.3 is 0 Å². The number of rotatable bonds is 2. The van der Waals surface area contributed by atoms with Gasteiger partial charge in [0, 0.05) is 30.4 Å². The maximum Gasteiger partial charge on any atom is 0.212 e. The number of ketones is 1. The smallest absolute Gasteiger partial charge is 0.212 e. The van der Waals surface area contributed by atoms with Crippen molar-refractivity contribution in [2.75, 3.05) is 6.54 Å². The number of fused-ring (bicyclic) bond motifs is 1. The van der Waals surface area contributed by atoms with Gasteiger partial charge in [-0.2, -0.15) is 0 Å². The van der Waals surface area contributed by atoms with Crippen LogP contribution >= 0.6 is 23.7 Å². The number of aromatic nitrogens is 1. The highest BCUT2D eigenvalue weighted by Gasteiger charge is 2.45. The third-order valence-corrected chi connectivity index (χ3v) is 5.08. The lowest BCUT2D eigenvalue weighted by atomic mass is 9.90. The lowest BCUT2D eigenvalue weighted by molar-refractivity contribution is 0.0879. The molecule has 1 aromatic rings. The summed E-state index contributed by atoms with van der Waals surface area (Å²) >= 11 is 1.47. The number of nitrogens with two attached hydrogens (primary N) is 2. The number of Topliss-reactive ketones (excluding diaryl/α,β-unsaturated/α-hetero) is 1. The van der Waals surface area contributed by atoms with E-state index in [0.717, 1.165) is 38.0 Å². The molecule has 3 rings (SSSR count). The monoisotopic (exact) mass is 302 g/mol. The first-order valence-electron chi connectivity index (χ1n) is 6.40. The summed E-state index contributed by atoms with van der Waals surface area (Å²) < 4.78 is 0. The number of halogens is 1. The van der Waals surface area contributed by atoms with Gasteiger partial charge < -0.3 is 16.8 Å². The molecular weight excluding hydrogens is 284 g/mol. The number of hydrogen-bond acceptors (Lipinski definition) is 6. The number of nitrogens with one attached hydrogen (secondary N) is 1. The van der Waals surface area contributed by atoms with E-state index in [4.69, 9.17) is 11.5 Å². The lowest BCUT2D eigenvalue weighted by Gasteiger charge is -2.25. The Morgan fingerprint density at radius 2 is 2.32 bits per heavy atom. The van der Waals surface area contributed by atoms with Crippen molar-refractivity contribution in [1.82, 2.24) is 10.3 Å². The SMILES string of the molecule is Cl.NC1CCCC1(N)C(=O)c1nc2c(s1)CNCC2. The van der Waals surface area contributed by atoms with E-state index in [1.54, 1.807) is 0 Å². The Morgan fingerprint density at radius 3 is 2.95 bits per heavy atom. The molecule has 0 bridgehead atoms. The van der Waals surface area contributed by atoms with Crippen LogP contribution in [0.1, 0.15) is 39.6 Å².